The van der Waals surface area contributed by atoms with E-state index in [2.05, 4.69) is 10.0 Å². The van der Waals surface area contributed by atoms with Crippen LogP contribution in [0.25, 0.3) is 0 Å². The second-order valence-corrected chi connectivity index (χ2v) is 8.39. The van der Waals surface area contributed by atoms with Crippen molar-refractivity contribution in [3.63, 3.8) is 0 Å². The SMILES string of the molecule is CC(=O)Nc1ccc(S(=O)(=O)NCC(=O)OCC(=O)N(CCC#N)c2ccc(F)cc2)cc1. The van der Waals surface area contributed by atoms with Gasteiger partial charge in [0.1, 0.15) is 12.4 Å². The second kappa shape index (κ2) is 11.7. The Hall–Kier alpha value is -3.82. The van der Waals surface area contributed by atoms with Gasteiger partial charge in [0.2, 0.25) is 15.9 Å². The predicted octanol–water partition coefficient (Wildman–Crippen LogP) is 1.55. The van der Waals surface area contributed by atoms with Crippen molar-refractivity contribution in [2.24, 2.45) is 0 Å². The summed E-state index contributed by atoms with van der Waals surface area (Å²) < 4.78 is 44.6. The van der Waals surface area contributed by atoms with Gasteiger partial charge in [0.25, 0.3) is 5.91 Å². The summed E-state index contributed by atoms with van der Waals surface area (Å²) in [6.07, 6.45) is -0.00239. The van der Waals surface area contributed by atoms with E-state index in [9.17, 15) is 27.2 Å². The fraction of sp³-hybridized carbons (Fsp3) is 0.238. The molecule has 0 unspecified atom stereocenters. The first-order valence-corrected chi connectivity index (χ1v) is 11.1. The van der Waals surface area contributed by atoms with E-state index in [0.29, 0.717) is 11.4 Å². The first kappa shape index (κ1) is 25.4. The van der Waals surface area contributed by atoms with Crippen LogP contribution in [0.4, 0.5) is 15.8 Å². The number of esters is 1. The molecular weight excluding hydrogens is 455 g/mol. The minimum atomic E-state index is -4.04. The molecule has 2 rings (SSSR count). The first-order chi connectivity index (χ1) is 15.6. The summed E-state index contributed by atoms with van der Waals surface area (Å²) >= 11 is 0. The highest BCUT2D eigenvalue weighted by atomic mass is 32.2. The summed E-state index contributed by atoms with van der Waals surface area (Å²) in [5.74, 6) is -2.48. The minimum absolute atomic E-state index is 0.000371. The van der Waals surface area contributed by atoms with Crippen LogP contribution in [0.2, 0.25) is 0 Å². The van der Waals surface area contributed by atoms with Crippen molar-refractivity contribution in [3.05, 3.63) is 54.3 Å². The van der Waals surface area contributed by atoms with Gasteiger partial charge in [-0.05, 0) is 48.5 Å². The summed E-state index contributed by atoms with van der Waals surface area (Å²) in [5, 5.41) is 11.3. The van der Waals surface area contributed by atoms with Gasteiger partial charge in [-0.25, -0.2) is 12.8 Å². The normalized spacial score (nSPS) is 10.7. The zero-order valence-electron chi connectivity index (χ0n) is 17.6. The number of rotatable bonds is 10. The minimum Gasteiger partial charge on any atom is -0.455 e. The van der Waals surface area contributed by atoms with E-state index in [1.54, 1.807) is 0 Å². The molecule has 12 heteroatoms. The zero-order chi connectivity index (χ0) is 24.4. The number of sulfonamides is 1. The van der Waals surface area contributed by atoms with E-state index in [-0.39, 0.29) is 23.8 Å². The molecular formula is C21H21FN4O6S. The smallest absolute Gasteiger partial charge is 0.321 e. The third-order valence-corrected chi connectivity index (χ3v) is 5.55. The van der Waals surface area contributed by atoms with Crippen LogP contribution in [0.3, 0.4) is 0 Å². The standard InChI is InChI=1S/C21H21FN4O6S/c1-15(27)25-17-5-9-19(10-6-17)33(30,31)24-13-21(29)32-14-20(28)26(12-2-11-23)18-7-3-16(22)4-8-18/h3-10,24H,2,12-14H2,1H3,(H,25,27). The maximum atomic E-state index is 13.1. The number of amides is 2. The van der Waals surface area contributed by atoms with Crippen molar-refractivity contribution in [2.75, 3.05) is 29.9 Å². The van der Waals surface area contributed by atoms with Gasteiger partial charge >= 0.3 is 5.97 Å². The number of nitriles is 1. The third kappa shape index (κ3) is 7.99. The van der Waals surface area contributed by atoms with Crippen molar-refractivity contribution in [2.45, 2.75) is 18.2 Å². The Kier molecular flexibility index (Phi) is 9.02. The summed E-state index contributed by atoms with van der Waals surface area (Å²) in [6.45, 7) is -0.114. The molecule has 0 radical (unpaired) electrons. The van der Waals surface area contributed by atoms with Gasteiger partial charge < -0.3 is 15.0 Å². The van der Waals surface area contributed by atoms with Crippen LogP contribution in [0, 0.1) is 17.1 Å². The Labute approximate surface area is 190 Å². The average molecular weight is 476 g/mol. The summed E-state index contributed by atoms with van der Waals surface area (Å²) in [6, 6.07) is 12.1. The van der Waals surface area contributed by atoms with Crippen molar-refractivity contribution in [1.82, 2.24) is 4.72 Å². The molecule has 0 spiro atoms. The summed E-state index contributed by atoms with van der Waals surface area (Å²) in [5.41, 5.74) is 0.720. The number of nitrogens with one attached hydrogen (secondary N) is 2. The van der Waals surface area contributed by atoms with E-state index in [4.69, 9.17) is 10.00 Å². The van der Waals surface area contributed by atoms with Gasteiger partial charge in [0.15, 0.2) is 6.61 Å². The van der Waals surface area contributed by atoms with Crippen LogP contribution in [0.15, 0.2) is 53.4 Å². The number of anilines is 2. The lowest BCUT2D eigenvalue weighted by Crippen LogP contribution is -2.37. The molecule has 0 aliphatic rings. The van der Waals surface area contributed by atoms with Crippen molar-refractivity contribution >= 4 is 39.2 Å². The molecule has 0 saturated heterocycles. The number of carbonyl (C=O) groups excluding carboxylic acids is 3. The molecule has 0 saturated carbocycles. The fourth-order valence-electron chi connectivity index (χ4n) is 2.61. The molecule has 0 fully saturated rings. The summed E-state index contributed by atoms with van der Waals surface area (Å²) in [7, 11) is -4.04. The molecule has 2 aromatic rings. The number of benzene rings is 2. The van der Waals surface area contributed by atoms with Crippen LogP contribution in [-0.2, 0) is 29.1 Å². The first-order valence-electron chi connectivity index (χ1n) is 9.58. The van der Waals surface area contributed by atoms with Crippen molar-refractivity contribution in [1.29, 1.82) is 5.26 Å². The molecule has 33 heavy (non-hydrogen) atoms. The number of nitrogens with zero attached hydrogens (tertiary/aromatic N) is 2. The second-order valence-electron chi connectivity index (χ2n) is 6.62. The fourth-order valence-corrected chi connectivity index (χ4v) is 3.58. The van der Waals surface area contributed by atoms with Crippen molar-refractivity contribution < 1.29 is 31.9 Å². The zero-order valence-corrected chi connectivity index (χ0v) is 18.4. The topological polar surface area (TPSA) is 146 Å². The van der Waals surface area contributed by atoms with Gasteiger partial charge in [0.05, 0.1) is 17.4 Å². The lowest BCUT2D eigenvalue weighted by atomic mass is 10.2. The summed E-state index contributed by atoms with van der Waals surface area (Å²) in [4.78, 5) is 36.4. The molecule has 174 valence electrons. The number of hydrogen-bond acceptors (Lipinski definition) is 7. The molecule has 2 amide bonds. The van der Waals surface area contributed by atoms with Crippen LogP contribution in [-0.4, -0.2) is 45.9 Å². The van der Waals surface area contributed by atoms with E-state index in [1.165, 1.54) is 43.3 Å². The van der Waals surface area contributed by atoms with Crippen molar-refractivity contribution in [3.8, 4) is 6.07 Å². The van der Waals surface area contributed by atoms with E-state index in [0.717, 1.165) is 17.0 Å². The maximum Gasteiger partial charge on any atom is 0.321 e. The number of hydrogen-bond donors (Lipinski definition) is 2. The van der Waals surface area contributed by atoms with Gasteiger partial charge in [-0.2, -0.15) is 9.98 Å². The van der Waals surface area contributed by atoms with Gasteiger partial charge in [-0.3, -0.25) is 14.4 Å². The van der Waals surface area contributed by atoms with Crippen LogP contribution >= 0.6 is 0 Å². The number of ether oxygens (including phenoxy) is 1. The molecule has 2 N–H and O–H groups in total. The average Bonchev–Trinajstić information content (AvgIpc) is 2.77. The Morgan fingerprint density at radius 1 is 1.09 bits per heavy atom. The molecule has 10 nitrogen and oxygen atoms in total. The highest BCUT2D eigenvalue weighted by molar-refractivity contribution is 7.89. The molecule has 0 atom stereocenters. The maximum absolute atomic E-state index is 13.1. The van der Waals surface area contributed by atoms with Crippen LogP contribution in [0.1, 0.15) is 13.3 Å². The van der Waals surface area contributed by atoms with E-state index in [1.807, 2.05) is 6.07 Å². The third-order valence-electron chi connectivity index (χ3n) is 4.13. The molecule has 0 aliphatic carbocycles. The Balaban J connectivity index is 1.92. The highest BCUT2D eigenvalue weighted by Gasteiger charge is 2.20. The van der Waals surface area contributed by atoms with Gasteiger partial charge in [-0.15, -0.1) is 0 Å². The van der Waals surface area contributed by atoms with E-state index < -0.39 is 40.9 Å². The largest absolute Gasteiger partial charge is 0.455 e. The highest BCUT2D eigenvalue weighted by Crippen LogP contribution is 2.16. The quantitative estimate of drug-likeness (QED) is 0.495. The molecule has 0 heterocycles. The molecule has 0 aromatic heterocycles. The van der Waals surface area contributed by atoms with Crippen LogP contribution < -0.4 is 14.9 Å². The number of carbonyl (C=O) groups is 3. The Morgan fingerprint density at radius 2 is 1.73 bits per heavy atom. The lowest BCUT2D eigenvalue weighted by Gasteiger charge is -2.21. The lowest BCUT2D eigenvalue weighted by molar-refractivity contribution is -0.146. The van der Waals surface area contributed by atoms with Gasteiger partial charge in [-0.1, -0.05) is 0 Å². The number of halogens is 1. The van der Waals surface area contributed by atoms with Crippen LogP contribution in [0.5, 0.6) is 0 Å². The Bertz CT molecular complexity index is 1140. The van der Waals surface area contributed by atoms with Gasteiger partial charge in [0, 0.05) is 24.8 Å². The predicted molar refractivity (Wildman–Crippen MR) is 116 cm³/mol. The monoisotopic (exact) mass is 476 g/mol. The van der Waals surface area contributed by atoms with E-state index >= 15 is 0 Å². The molecule has 0 bridgehead atoms. The molecule has 0 aliphatic heterocycles. The Morgan fingerprint density at radius 3 is 2.30 bits per heavy atom. The molecule has 2 aromatic carbocycles.